The lowest BCUT2D eigenvalue weighted by Gasteiger charge is -2.14. The molecular formula is C11H13F3N2O3S. The molecular weight excluding hydrogens is 297 g/mol. The number of hydrogen-bond acceptors (Lipinski definition) is 3. The molecule has 0 aliphatic carbocycles. The van der Waals surface area contributed by atoms with Crippen molar-refractivity contribution >= 4 is 15.9 Å². The first kappa shape index (κ1) is 16.4. The van der Waals surface area contributed by atoms with Gasteiger partial charge in [-0.2, -0.15) is 4.72 Å². The van der Waals surface area contributed by atoms with Gasteiger partial charge in [-0.05, 0) is 26.0 Å². The maximum atomic E-state index is 13.4. The van der Waals surface area contributed by atoms with Gasteiger partial charge in [-0.1, -0.05) is 0 Å². The average Bonchev–Trinajstić information content (AvgIpc) is 2.35. The zero-order valence-electron chi connectivity index (χ0n) is 10.7. The van der Waals surface area contributed by atoms with Crippen molar-refractivity contribution in [3.05, 3.63) is 29.6 Å². The van der Waals surface area contributed by atoms with Crippen LogP contribution in [0.3, 0.4) is 0 Å². The summed E-state index contributed by atoms with van der Waals surface area (Å²) in [6.45, 7) is 3.15. The van der Waals surface area contributed by atoms with Gasteiger partial charge in [-0.25, -0.2) is 21.6 Å². The smallest absolute Gasteiger partial charge is 0.244 e. The zero-order chi connectivity index (χ0) is 15.5. The first-order valence-electron chi connectivity index (χ1n) is 5.64. The molecule has 2 N–H and O–H groups in total. The summed E-state index contributed by atoms with van der Waals surface area (Å²) in [5.41, 5.74) is 0. The summed E-state index contributed by atoms with van der Waals surface area (Å²) < 4.78 is 64.7. The Labute approximate surface area is 114 Å². The Morgan fingerprint density at radius 2 is 1.85 bits per heavy atom. The van der Waals surface area contributed by atoms with Gasteiger partial charge in [0, 0.05) is 6.54 Å². The summed E-state index contributed by atoms with van der Waals surface area (Å²) in [6, 6.07) is -0.114. The predicted molar refractivity (Wildman–Crippen MR) is 64.8 cm³/mol. The van der Waals surface area contributed by atoms with Crippen molar-refractivity contribution < 1.29 is 26.4 Å². The summed E-state index contributed by atoms with van der Waals surface area (Å²) in [4.78, 5) is 10.3. The third-order valence-corrected chi connectivity index (χ3v) is 3.92. The lowest BCUT2D eigenvalue weighted by molar-refractivity contribution is -0.122. The van der Waals surface area contributed by atoms with E-state index in [-0.39, 0.29) is 6.54 Å². The molecule has 0 bridgehead atoms. The average molecular weight is 310 g/mol. The number of carbonyl (C=O) groups is 1. The topological polar surface area (TPSA) is 75.3 Å². The van der Waals surface area contributed by atoms with E-state index in [1.165, 1.54) is 6.92 Å². The molecule has 1 atom stereocenters. The largest absolute Gasteiger partial charge is 0.355 e. The maximum Gasteiger partial charge on any atom is 0.244 e. The number of nitrogens with one attached hydrogen (secondary N) is 2. The Kier molecular flexibility index (Phi) is 5.12. The van der Waals surface area contributed by atoms with E-state index < -0.39 is 44.3 Å². The highest BCUT2D eigenvalue weighted by Gasteiger charge is 2.27. The van der Waals surface area contributed by atoms with Gasteiger partial charge in [0.15, 0.2) is 17.5 Å². The normalized spacial score (nSPS) is 13.1. The van der Waals surface area contributed by atoms with Gasteiger partial charge < -0.3 is 5.32 Å². The molecule has 0 spiro atoms. The predicted octanol–water partition coefficient (Wildman–Crippen LogP) is 0.907. The number of halogens is 3. The SMILES string of the molecule is CCNC(=O)[C@H](C)NS(=O)(=O)c1ccc(F)c(F)c1F. The first-order valence-corrected chi connectivity index (χ1v) is 7.12. The minimum atomic E-state index is -4.49. The van der Waals surface area contributed by atoms with Crippen LogP contribution in [-0.4, -0.2) is 26.9 Å². The highest BCUT2D eigenvalue weighted by molar-refractivity contribution is 7.89. The maximum absolute atomic E-state index is 13.4. The zero-order valence-corrected chi connectivity index (χ0v) is 11.5. The van der Waals surface area contributed by atoms with Crippen LogP contribution in [0, 0.1) is 17.5 Å². The molecule has 0 saturated carbocycles. The fourth-order valence-corrected chi connectivity index (χ4v) is 2.66. The minimum Gasteiger partial charge on any atom is -0.355 e. The second-order valence-electron chi connectivity index (χ2n) is 3.91. The molecule has 0 heterocycles. The summed E-state index contributed by atoms with van der Waals surface area (Å²) in [7, 11) is -4.49. The second-order valence-corrected chi connectivity index (χ2v) is 5.59. The molecule has 20 heavy (non-hydrogen) atoms. The minimum absolute atomic E-state index is 0.282. The quantitative estimate of drug-likeness (QED) is 0.794. The summed E-state index contributed by atoms with van der Waals surface area (Å²) in [5.74, 6) is -5.85. The van der Waals surface area contributed by atoms with Crippen LogP contribution in [0.4, 0.5) is 13.2 Å². The van der Waals surface area contributed by atoms with E-state index in [0.717, 1.165) is 0 Å². The Bertz CT molecular complexity index is 620. The summed E-state index contributed by atoms with van der Waals surface area (Å²) >= 11 is 0. The van der Waals surface area contributed by atoms with E-state index in [9.17, 15) is 26.4 Å². The second kappa shape index (κ2) is 6.23. The monoisotopic (exact) mass is 310 g/mol. The van der Waals surface area contributed by atoms with Gasteiger partial charge in [0.25, 0.3) is 0 Å². The number of rotatable bonds is 5. The van der Waals surface area contributed by atoms with E-state index in [1.54, 1.807) is 6.92 Å². The van der Waals surface area contributed by atoms with Gasteiger partial charge in [0.1, 0.15) is 4.90 Å². The van der Waals surface area contributed by atoms with Crippen LogP contribution < -0.4 is 10.0 Å². The van der Waals surface area contributed by atoms with E-state index in [2.05, 4.69) is 5.32 Å². The van der Waals surface area contributed by atoms with Crippen molar-refractivity contribution in [1.82, 2.24) is 10.0 Å². The molecule has 112 valence electrons. The number of benzene rings is 1. The van der Waals surface area contributed by atoms with Gasteiger partial charge in [0.2, 0.25) is 15.9 Å². The van der Waals surface area contributed by atoms with Gasteiger partial charge in [0.05, 0.1) is 6.04 Å². The lowest BCUT2D eigenvalue weighted by atomic mass is 10.3. The van der Waals surface area contributed by atoms with E-state index in [0.29, 0.717) is 12.1 Å². The highest BCUT2D eigenvalue weighted by atomic mass is 32.2. The molecule has 0 aliphatic rings. The van der Waals surface area contributed by atoms with Crippen LogP contribution in [0.5, 0.6) is 0 Å². The Hall–Kier alpha value is -1.61. The van der Waals surface area contributed by atoms with Gasteiger partial charge in [-0.15, -0.1) is 0 Å². The summed E-state index contributed by atoms with van der Waals surface area (Å²) in [5, 5.41) is 2.36. The molecule has 0 fully saturated rings. The molecule has 0 saturated heterocycles. The van der Waals surface area contributed by atoms with Crippen LogP contribution in [-0.2, 0) is 14.8 Å². The number of carbonyl (C=O) groups excluding carboxylic acids is 1. The molecule has 1 aromatic rings. The van der Waals surface area contributed by atoms with Crippen molar-refractivity contribution in [2.45, 2.75) is 24.8 Å². The molecule has 0 unspecified atom stereocenters. The molecule has 1 amide bonds. The van der Waals surface area contributed by atoms with Gasteiger partial charge >= 0.3 is 0 Å². The van der Waals surface area contributed by atoms with Crippen LogP contribution in [0.25, 0.3) is 0 Å². The van der Waals surface area contributed by atoms with Crippen molar-refractivity contribution in [3.63, 3.8) is 0 Å². The fourth-order valence-electron chi connectivity index (χ4n) is 1.39. The fraction of sp³-hybridized carbons (Fsp3) is 0.364. The molecule has 0 radical (unpaired) electrons. The van der Waals surface area contributed by atoms with Crippen LogP contribution in [0.15, 0.2) is 17.0 Å². The standard InChI is InChI=1S/C11H13F3N2O3S/c1-3-15-11(17)6(2)16-20(18,19)8-5-4-7(12)9(13)10(8)14/h4-6,16H,3H2,1-2H3,(H,15,17)/t6-/m0/s1. The number of hydrogen-bond donors (Lipinski definition) is 2. The Balaban J connectivity index is 3.07. The van der Waals surface area contributed by atoms with Gasteiger partial charge in [-0.3, -0.25) is 4.79 Å². The molecule has 0 aliphatic heterocycles. The Morgan fingerprint density at radius 3 is 2.40 bits per heavy atom. The van der Waals surface area contributed by atoms with Crippen molar-refractivity contribution in [1.29, 1.82) is 0 Å². The van der Waals surface area contributed by atoms with Crippen molar-refractivity contribution in [2.75, 3.05) is 6.54 Å². The van der Waals surface area contributed by atoms with Crippen LogP contribution in [0.1, 0.15) is 13.8 Å². The third-order valence-electron chi connectivity index (χ3n) is 2.37. The number of amides is 1. The van der Waals surface area contributed by atoms with E-state index >= 15 is 0 Å². The van der Waals surface area contributed by atoms with E-state index in [1.807, 2.05) is 4.72 Å². The molecule has 5 nitrogen and oxygen atoms in total. The van der Waals surface area contributed by atoms with E-state index in [4.69, 9.17) is 0 Å². The Morgan fingerprint density at radius 1 is 1.25 bits per heavy atom. The molecule has 1 rings (SSSR count). The van der Waals surface area contributed by atoms with Crippen molar-refractivity contribution in [2.24, 2.45) is 0 Å². The lowest BCUT2D eigenvalue weighted by Crippen LogP contribution is -2.44. The highest BCUT2D eigenvalue weighted by Crippen LogP contribution is 2.19. The molecule has 0 aromatic heterocycles. The number of sulfonamides is 1. The van der Waals surface area contributed by atoms with Crippen molar-refractivity contribution in [3.8, 4) is 0 Å². The van der Waals surface area contributed by atoms with Crippen LogP contribution in [0.2, 0.25) is 0 Å². The summed E-state index contributed by atoms with van der Waals surface area (Å²) in [6.07, 6.45) is 0. The first-order chi connectivity index (χ1) is 9.20. The van der Waals surface area contributed by atoms with Crippen LogP contribution >= 0.6 is 0 Å². The third kappa shape index (κ3) is 3.48. The molecule has 1 aromatic carbocycles. The number of likely N-dealkylation sites (N-methyl/N-ethyl adjacent to an activating group) is 1. The molecule has 9 heteroatoms.